The number of rotatable bonds is 4. The normalized spacial score (nSPS) is 15.6. The van der Waals surface area contributed by atoms with Crippen molar-refractivity contribution in [3.8, 4) is 0 Å². The van der Waals surface area contributed by atoms with Crippen molar-refractivity contribution in [3.63, 3.8) is 0 Å². The lowest BCUT2D eigenvalue weighted by Gasteiger charge is -2.31. The maximum atomic E-state index is 12.2. The number of nitrogens with zero attached hydrogens (tertiary/aromatic N) is 2. The van der Waals surface area contributed by atoms with Crippen molar-refractivity contribution in [1.82, 2.24) is 9.80 Å². The number of likely N-dealkylation sites (tertiary alicyclic amines) is 1. The zero-order valence-electron chi connectivity index (χ0n) is 11.8. The Balaban J connectivity index is 2.41. The molecule has 104 valence electrons. The van der Waals surface area contributed by atoms with Gasteiger partial charge in [-0.3, -0.25) is 4.79 Å². The monoisotopic (exact) mass is 288 g/mol. The van der Waals surface area contributed by atoms with E-state index in [9.17, 15) is 4.79 Å². The highest BCUT2D eigenvalue weighted by Crippen LogP contribution is 2.17. The Kier molecular flexibility index (Phi) is 6.43. The summed E-state index contributed by atoms with van der Waals surface area (Å²) >= 11 is 6.88. The van der Waals surface area contributed by atoms with E-state index >= 15 is 0 Å². The maximum Gasteiger partial charge on any atom is 0.233 e. The quantitative estimate of drug-likeness (QED) is 0.742. The van der Waals surface area contributed by atoms with Crippen molar-refractivity contribution in [2.24, 2.45) is 0 Å². The van der Waals surface area contributed by atoms with E-state index in [1.807, 2.05) is 4.90 Å². The summed E-state index contributed by atoms with van der Waals surface area (Å²) in [5.74, 6) is 0.651. The van der Waals surface area contributed by atoms with Crippen molar-refractivity contribution < 1.29 is 4.79 Å². The molecule has 3 nitrogen and oxygen atoms in total. The highest BCUT2D eigenvalue weighted by atomic mass is 32.2. The SMILES string of the molecule is CC(C)N(C(=O)CSC(=S)N1CCCC1)C(C)C. The average molecular weight is 288 g/mol. The molecule has 1 aliphatic heterocycles. The van der Waals surface area contributed by atoms with Crippen LogP contribution in [0.4, 0.5) is 0 Å². The minimum atomic E-state index is 0.187. The van der Waals surface area contributed by atoms with Gasteiger partial charge in [-0.05, 0) is 40.5 Å². The Morgan fingerprint density at radius 2 is 1.72 bits per heavy atom. The third kappa shape index (κ3) is 4.43. The molecule has 0 aromatic rings. The molecule has 0 aromatic carbocycles. The minimum Gasteiger partial charge on any atom is -0.358 e. The molecule has 0 radical (unpaired) electrons. The smallest absolute Gasteiger partial charge is 0.233 e. The summed E-state index contributed by atoms with van der Waals surface area (Å²) in [7, 11) is 0. The zero-order valence-corrected chi connectivity index (χ0v) is 13.4. The van der Waals surface area contributed by atoms with E-state index in [0.717, 1.165) is 17.4 Å². The molecule has 0 N–H and O–H groups in total. The number of carbonyl (C=O) groups is 1. The Hall–Kier alpha value is -0.290. The summed E-state index contributed by atoms with van der Waals surface area (Å²) in [5.41, 5.74) is 0. The van der Waals surface area contributed by atoms with Crippen LogP contribution < -0.4 is 0 Å². The van der Waals surface area contributed by atoms with Crippen molar-refractivity contribution in [1.29, 1.82) is 0 Å². The Morgan fingerprint density at radius 3 is 2.17 bits per heavy atom. The summed E-state index contributed by atoms with van der Waals surface area (Å²) in [6.07, 6.45) is 2.44. The maximum absolute atomic E-state index is 12.2. The fourth-order valence-electron chi connectivity index (χ4n) is 2.36. The van der Waals surface area contributed by atoms with E-state index < -0.39 is 0 Å². The molecule has 1 amide bonds. The van der Waals surface area contributed by atoms with E-state index in [4.69, 9.17) is 12.2 Å². The van der Waals surface area contributed by atoms with E-state index in [-0.39, 0.29) is 18.0 Å². The lowest BCUT2D eigenvalue weighted by Crippen LogP contribution is -2.43. The Morgan fingerprint density at radius 1 is 1.22 bits per heavy atom. The zero-order chi connectivity index (χ0) is 13.7. The van der Waals surface area contributed by atoms with E-state index in [0.29, 0.717) is 5.75 Å². The summed E-state index contributed by atoms with van der Waals surface area (Å²) in [5, 5.41) is 0. The van der Waals surface area contributed by atoms with Crippen LogP contribution in [0.2, 0.25) is 0 Å². The molecule has 0 atom stereocenters. The van der Waals surface area contributed by atoms with Crippen LogP contribution >= 0.6 is 24.0 Å². The number of amides is 1. The number of carbonyl (C=O) groups excluding carboxylic acids is 1. The largest absolute Gasteiger partial charge is 0.358 e. The number of thioether (sulfide) groups is 1. The third-order valence-electron chi connectivity index (χ3n) is 3.08. The summed E-state index contributed by atoms with van der Waals surface area (Å²) in [6.45, 7) is 10.3. The molecular weight excluding hydrogens is 264 g/mol. The predicted molar refractivity (Wildman–Crippen MR) is 83.0 cm³/mol. The molecule has 0 spiro atoms. The standard InChI is InChI=1S/C13H24N2OS2/c1-10(2)15(11(3)4)12(16)9-18-13(17)14-7-5-6-8-14/h10-11H,5-9H2,1-4H3. The fourth-order valence-corrected chi connectivity index (χ4v) is 3.48. The Labute approximate surface area is 120 Å². The number of thiocarbonyl (C=S) groups is 1. The fraction of sp³-hybridized carbons (Fsp3) is 0.846. The van der Waals surface area contributed by atoms with Crippen LogP contribution in [0.25, 0.3) is 0 Å². The molecule has 1 saturated heterocycles. The molecule has 18 heavy (non-hydrogen) atoms. The van der Waals surface area contributed by atoms with Crippen LogP contribution in [0.15, 0.2) is 0 Å². The van der Waals surface area contributed by atoms with Crippen molar-refractivity contribution in [2.75, 3.05) is 18.8 Å². The van der Waals surface area contributed by atoms with Crippen LogP contribution in [0.5, 0.6) is 0 Å². The highest BCUT2D eigenvalue weighted by Gasteiger charge is 2.22. The second kappa shape index (κ2) is 7.34. The van der Waals surface area contributed by atoms with Crippen molar-refractivity contribution in [2.45, 2.75) is 52.6 Å². The lowest BCUT2D eigenvalue weighted by atomic mass is 10.2. The van der Waals surface area contributed by atoms with Gasteiger partial charge in [-0.15, -0.1) is 0 Å². The molecule has 1 heterocycles. The predicted octanol–water partition coefficient (Wildman–Crippen LogP) is 2.75. The summed E-state index contributed by atoms with van der Waals surface area (Å²) in [4.78, 5) is 16.3. The minimum absolute atomic E-state index is 0.187. The van der Waals surface area contributed by atoms with Gasteiger partial charge in [0.25, 0.3) is 0 Å². The van der Waals surface area contributed by atoms with Gasteiger partial charge in [-0.1, -0.05) is 24.0 Å². The molecule has 0 unspecified atom stereocenters. The highest BCUT2D eigenvalue weighted by molar-refractivity contribution is 8.23. The van der Waals surface area contributed by atoms with Crippen LogP contribution in [0.1, 0.15) is 40.5 Å². The first-order valence-electron chi connectivity index (χ1n) is 6.66. The molecule has 5 heteroatoms. The molecule has 0 aromatic heterocycles. The van der Waals surface area contributed by atoms with Gasteiger partial charge in [0.2, 0.25) is 5.91 Å². The first kappa shape index (κ1) is 15.8. The van der Waals surface area contributed by atoms with Gasteiger partial charge in [0.15, 0.2) is 0 Å². The second-order valence-electron chi connectivity index (χ2n) is 5.24. The van der Waals surface area contributed by atoms with Crippen molar-refractivity contribution in [3.05, 3.63) is 0 Å². The van der Waals surface area contributed by atoms with Gasteiger partial charge in [0.1, 0.15) is 4.32 Å². The van der Waals surface area contributed by atoms with Gasteiger partial charge in [0.05, 0.1) is 5.75 Å². The van der Waals surface area contributed by atoms with Gasteiger partial charge in [0, 0.05) is 25.2 Å². The van der Waals surface area contributed by atoms with E-state index in [2.05, 4.69) is 32.6 Å². The van der Waals surface area contributed by atoms with Crippen LogP contribution in [0.3, 0.4) is 0 Å². The topological polar surface area (TPSA) is 23.6 Å². The van der Waals surface area contributed by atoms with Crippen LogP contribution in [-0.2, 0) is 4.79 Å². The number of hydrogen-bond donors (Lipinski definition) is 0. The molecule has 1 rings (SSSR count). The Bertz CT molecular complexity index is 291. The summed E-state index contributed by atoms with van der Waals surface area (Å²) < 4.78 is 0.883. The third-order valence-corrected chi connectivity index (χ3v) is 4.59. The average Bonchev–Trinajstić information content (AvgIpc) is 2.78. The van der Waals surface area contributed by atoms with E-state index in [1.165, 1.54) is 24.6 Å². The molecule has 1 aliphatic rings. The second-order valence-corrected chi connectivity index (χ2v) is 6.85. The molecule has 1 fully saturated rings. The number of hydrogen-bond acceptors (Lipinski definition) is 3. The summed E-state index contributed by atoms with van der Waals surface area (Å²) in [6, 6.07) is 0.497. The molecular formula is C13H24N2OS2. The molecule has 0 bridgehead atoms. The van der Waals surface area contributed by atoms with Gasteiger partial charge in [-0.25, -0.2) is 0 Å². The van der Waals surface area contributed by atoms with Crippen LogP contribution in [0, 0.1) is 0 Å². The van der Waals surface area contributed by atoms with Gasteiger partial charge in [-0.2, -0.15) is 0 Å². The van der Waals surface area contributed by atoms with Crippen LogP contribution in [-0.4, -0.2) is 51.0 Å². The van der Waals surface area contributed by atoms with Crippen molar-refractivity contribution >= 4 is 34.2 Å². The van der Waals surface area contributed by atoms with Gasteiger partial charge >= 0.3 is 0 Å². The lowest BCUT2D eigenvalue weighted by molar-refractivity contribution is -0.131. The first-order valence-corrected chi connectivity index (χ1v) is 8.05. The van der Waals surface area contributed by atoms with Gasteiger partial charge < -0.3 is 9.80 Å². The van der Waals surface area contributed by atoms with E-state index in [1.54, 1.807) is 0 Å². The molecule has 0 saturated carbocycles. The molecule has 0 aliphatic carbocycles. The first-order chi connectivity index (χ1) is 8.43.